The number of aliphatic hydroxyl groups excluding tert-OH is 1. The topological polar surface area (TPSA) is 70.5 Å². The molecule has 1 rings (SSSR count). The molecule has 1 aromatic rings. The Balaban J connectivity index is 3.29. The van der Waals surface area contributed by atoms with Crippen molar-refractivity contribution in [1.29, 1.82) is 0 Å². The Kier molecular flexibility index (Phi) is 3.31. The third kappa shape index (κ3) is 2.66. The van der Waals surface area contributed by atoms with Crippen molar-refractivity contribution in [2.75, 3.05) is 17.6 Å². The van der Waals surface area contributed by atoms with Crippen molar-refractivity contribution in [1.82, 2.24) is 4.98 Å². The van der Waals surface area contributed by atoms with Gasteiger partial charge in [0.1, 0.15) is 5.82 Å². The first-order valence-corrected chi connectivity index (χ1v) is 6.22. The van der Waals surface area contributed by atoms with Crippen molar-refractivity contribution in [2.24, 2.45) is 0 Å². The van der Waals surface area contributed by atoms with Crippen molar-refractivity contribution < 1.29 is 13.5 Å². The van der Waals surface area contributed by atoms with Crippen molar-refractivity contribution >= 4 is 15.8 Å². The van der Waals surface area contributed by atoms with Crippen LogP contribution < -0.4 is 4.31 Å². The number of sulfonamides is 1. The molecule has 6 heteroatoms. The summed E-state index contributed by atoms with van der Waals surface area (Å²) in [5.74, 6) is 0.278. The quantitative estimate of drug-likeness (QED) is 0.809. The van der Waals surface area contributed by atoms with E-state index in [9.17, 15) is 8.42 Å². The minimum absolute atomic E-state index is 0.234. The average molecular weight is 230 g/mol. The molecule has 1 heterocycles. The molecule has 0 saturated carbocycles. The van der Waals surface area contributed by atoms with E-state index in [1.54, 1.807) is 19.1 Å². The highest BCUT2D eigenvalue weighted by Crippen LogP contribution is 2.19. The Morgan fingerprint density at radius 3 is 2.53 bits per heavy atom. The maximum absolute atomic E-state index is 11.3. The van der Waals surface area contributed by atoms with E-state index in [1.165, 1.54) is 7.05 Å². The molecule has 0 aliphatic rings. The van der Waals surface area contributed by atoms with Gasteiger partial charge in [0, 0.05) is 18.3 Å². The number of rotatable bonds is 3. The van der Waals surface area contributed by atoms with E-state index in [0.717, 1.165) is 10.6 Å². The molecular weight excluding hydrogens is 216 g/mol. The molecule has 0 spiro atoms. The maximum Gasteiger partial charge on any atom is 0.233 e. The second-order valence-electron chi connectivity index (χ2n) is 3.32. The van der Waals surface area contributed by atoms with Crippen LogP contribution in [0.4, 0.5) is 5.82 Å². The van der Waals surface area contributed by atoms with Gasteiger partial charge in [0.15, 0.2) is 0 Å². The fourth-order valence-corrected chi connectivity index (χ4v) is 1.60. The number of anilines is 1. The Bertz CT molecular complexity index is 456. The van der Waals surface area contributed by atoms with Crippen LogP contribution in [0.15, 0.2) is 12.1 Å². The standard InChI is InChI=1S/C9H14N2O3S/c1-7-4-5-8(6-12)9(10-7)11(2)15(3,13)14/h4-5,12H,6H2,1-3H3. The van der Waals surface area contributed by atoms with Gasteiger partial charge >= 0.3 is 0 Å². The Hall–Kier alpha value is -1.14. The Morgan fingerprint density at radius 1 is 1.47 bits per heavy atom. The van der Waals surface area contributed by atoms with Crippen LogP contribution in [0.5, 0.6) is 0 Å². The largest absolute Gasteiger partial charge is 0.392 e. The maximum atomic E-state index is 11.3. The molecule has 1 N–H and O–H groups in total. The third-order valence-electron chi connectivity index (χ3n) is 2.06. The Morgan fingerprint density at radius 2 is 2.07 bits per heavy atom. The molecule has 84 valence electrons. The highest BCUT2D eigenvalue weighted by molar-refractivity contribution is 7.92. The van der Waals surface area contributed by atoms with E-state index >= 15 is 0 Å². The number of hydrogen-bond donors (Lipinski definition) is 1. The molecule has 15 heavy (non-hydrogen) atoms. The summed E-state index contributed by atoms with van der Waals surface area (Å²) in [6, 6.07) is 3.39. The summed E-state index contributed by atoms with van der Waals surface area (Å²) in [6.45, 7) is 1.53. The van der Waals surface area contributed by atoms with E-state index in [2.05, 4.69) is 4.98 Å². The second-order valence-corrected chi connectivity index (χ2v) is 5.34. The molecule has 0 unspecified atom stereocenters. The molecule has 0 radical (unpaired) electrons. The zero-order chi connectivity index (χ0) is 11.6. The molecule has 0 amide bonds. The second kappa shape index (κ2) is 4.16. The molecule has 5 nitrogen and oxygen atoms in total. The lowest BCUT2D eigenvalue weighted by Crippen LogP contribution is -2.27. The van der Waals surface area contributed by atoms with E-state index in [-0.39, 0.29) is 12.4 Å². The van der Waals surface area contributed by atoms with Gasteiger partial charge in [0.05, 0.1) is 12.9 Å². The molecular formula is C9H14N2O3S. The van der Waals surface area contributed by atoms with E-state index in [4.69, 9.17) is 5.11 Å². The highest BCUT2D eigenvalue weighted by Gasteiger charge is 2.16. The number of aryl methyl sites for hydroxylation is 1. The normalized spacial score (nSPS) is 11.5. The van der Waals surface area contributed by atoms with Gasteiger partial charge in [-0.05, 0) is 13.0 Å². The summed E-state index contributed by atoms with van der Waals surface area (Å²) in [6.07, 6.45) is 1.10. The lowest BCUT2D eigenvalue weighted by atomic mass is 10.2. The number of nitrogens with zero attached hydrogens (tertiary/aromatic N) is 2. The van der Waals surface area contributed by atoms with E-state index in [0.29, 0.717) is 11.3 Å². The van der Waals surface area contributed by atoms with Crippen LogP contribution in [-0.4, -0.2) is 31.8 Å². The van der Waals surface area contributed by atoms with Gasteiger partial charge in [-0.15, -0.1) is 0 Å². The molecule has 1 aromatic heterocycles. The molecule has 0 saturated heterocycles. The number of aromatic nitrogens is 1. The predicted octanol–water partition coefficient (Wildman–Crippen LogP) is 0.278. The van der Waals surface area contributed by atoms with Crippen molar-refractivity contribution in [3.63, 3.8) is 0 Å². The van der Waals surface area contributed by atoms with Gasteiger partial charge in [-0.2, -0.15) is 0 Å². The number of hydrogen-bond acceptors (Lipinski definition) is 4. The van der Waals surface area contributed by atoms with Gasteiger partial charge in [-0.3, -0.25) is 4.31 Å². The van der Waals surface area contributed by atoms with Crippen LogP contribution in [0, 0.1) is 6.92 Å². The van der Waals surface area contributed by atoms with Gasteiger partial charge in [-0.1, -0.05) is 6.07 Å². The predicted molar refractivity (Wildman–Crippen MR) is 58.1 cm³/mol. The fourth-order valence-electron chi connectivity index (χ4n) is 1.12. The van der Waals surface area contributed by atoms with Crippen LogP contribution >= 0.6 is 0 Å². The summed E-state index contributed by atoms with van der Waals surface area (Å²) >= 11 is 0. The van der Waals surface area contributed by atoms with Crippen molar-refractivity contribution in [3.05, 3.63) is 23.4 Å². The summed E-state index contributed by atoms with van der Waals surface area (Å²) < 4.78 is 23.7. The fraction of sp³-hybridized carbons (Fsp3) is 0.444. The van der Waals surface area contributed by atoms with E-state index < -0.39 is 10.0 Å². The van der Waals surface area contributed by atoms with Crippen LogP contribution in [-0.2, 0) is 16.6 Å². The third-order valence-corrected chi connectivity index (χ3v) is 3.23. The first kappa shape index (κ1) is 11.9. The molecule has 0 aliphatic carbocycles. The van der Waals surface area contributed by atoms with Crippen LogP contribution in [0.2, 0.25) is 0 Å². The van der Waals surface area contributed by atoms with Gasteiger partial charge < -0.3 is 5.11 Å². The molecule has 0 atom stereocenters. The molecule has 0 aromatic carbocycles. The van der Waals surface area contributed by atoms with Gasteiger partial charge in [-0.25, -0.2) is 13.4 Å². The molecule has 0 bridgehead atoms. The van der Waals surface area contributed by atoms with Crippen LogP contribution in [0.1, 0.15) is 11.3 Å². The number of aliphatic hydroxyl groups is 1. The van der Waals surface area contributed by atoms with Gasteiger partial charge in [0.25, 0.3) is 0 Å². The minimum Gasteiger partial charge on any atom is -0.392 e. The summed E-state index contributed by atoms with van der Waals surface area (Å²) in [5.41, 5.74) is 1.20. The minimum atomic E-state index is -3.35. The summed E-state index contributed by atoms with van der Waals surface area (Å²) in [4.78, 5) is 4.10. The zero-order valence-corrected chi connectivity index (χ0v) is 9.74. The van der Waals surface area contributed by atoms with E-state index in [1.807, 2.05) is 0 Å². The first-order chi connectivity index (χ1) is 6.86. The smallest absolute Gasteiger partial charge is 0.233 e. The SMILES string of the molecule is Cc1ccc(CO)c(N(C)S(C)(=O)=O)n1. The van der Waals surface area contributed by atoms with Gasteiger partial charge in [0.2, 0.25) is 10.0 Å². The zero-order valence-electron chi connectivity index (χ0n) is 8.93. The molecule has 0 aliphatic heterocycles. The van der Waals surface area contributed by atoms with Crippen molar-refractivity contribution in [2.45, 2.75) is 13.5 Å². The van der Waals surface area contributed by atoms with Crippen LogP contribution in [0.3, 0.4) is 0 Å². The summed E-state index contributed by atoms with van der Waals surface area (Å²) in [7, 11) is -1.93. The lowest BCUT2D eigenvalue weighted by Gasteiger charge is -2.18. The lowest BCUT2D eigenvalue weighted by molar-refractivity contribution is 0.282. The highest BCUT2D eigenvalue weighted by atomic mass is 32.2. The monoisotopic (exact) mass is 230 g/mol. The summed E-state index contributed by atoms with van der Waals surface area (Å²) in [5, 5.41) is 9.06. The van der Waals surface area contributed by atoms with Crippen molar-refractivity contribution in [3.8, 4) is 0 Å². The Labute approximate surface area is 89.4 Å². The molecule has 0 fully saturated rings. The average Bonchev–Trinajstić information content (AvgIpc) is 2.15. The van der Waals surface area contributed by atoms with Crippen LogP contribution in [0.25, 0.3) is 0 Å². The number of pyridine rings is 1. The first-order valence-electron chi connectivity index (χ1n) is 4.37.